The van der Waals surface area contributed by atoms with Crippen LogP contribution in [0.25, 0.3) is 22.3 Å². The molecular formula is C29H35ClN4O2. The number of carbonyl (C=O) groups excluding carboxylic acids is 1. The second-order valence-electron chi connectivity index (χ2n) is 10.4. The van der Waals surface area contributed by atoms with E-state index >= 15 is 0 Å². The van der Waals surface area contributed by atoms with E-state index < -0.39 is 0 Å². The van der Waals surface area contributed by atoms with Gasteiger partial charge in [0.25, 0.3) is 5.56 Å². The van der Waals surface area contributed by atoms with E-state index in [1.165, 1.54) is 61.9 Å². The van der Waals surface area contributed by atoms with Crippen molar-refractivity contribution in [2.75, 3.05) is 26.2 Å². The Morgan fingerprint density at radius 2 is 1.92 bits per heavy atom. The van der Waals surface area contributed by atoms with E-state index in [2.05, 4.69) is 16.3 Å². The minimum Gasteiger partial charge on any atom is -0.355 e. The summed E-state index contributed by atoms with van der Waals surface area (Å²) in [4.78, 5) is 33.8. The summed E-state index contributed by atoms with van der Waals surface area (Å²) in [7, 11) is 0. The molecule has 1 amide bonds. The van der Waals surface area contributed by atoms with Gasteiger partial charge >= 0.3 is 0 Å². The number of halogens is 1. The zero-order valence-corrected chi connectivity index (χ0v) is 21.8. The molecule has 5 rings (SSSR count). The molecule has 1 saturated carbocycles. The Morgan fingerprint density at radius 3 is 2.67 bits per heavy atom. The van der Waals surface area contributed by atoms with E-state index in [-0.39, 0.29) is 18.0 Å². The molecule has 1 aliphatic heterocycles. The largest absolute Gasteiger partial charge is 0.355 e. The predicted molar refractivity (Wildman–Crippen MR) is 146 cm³/mol. The standard InChI is InChI=1S/C29H35ClN4O2/c1-2-11-31-27(35)19-34-28(22-7-6-8-24(30)16-22)32-26-10-9-21(17-25(26)29(34)36)23-14-20(15-23)18-33-12-4-3-5-13-33/h6-10,16-17,20,23H,2-5,11-15,18-19H2,1H3,(H,31,35)/t20-,23-. The van der Waals surface area contributed by atoms with Crippen LogP contribution in [-0.4, -0.2) is 46.5 Å². The van der Waals surface area contributed by atoms with E-state index in [4.69, 9.17) is 16.6 Å². The third kappa shape index (κ3) is 5.50. The van der Waals surface area contributed by atoms with E-state index in [0.29, 0.717) is 39.8 Å². The molecule has 2 aromatic carbocycles. The maximum atomic E-state index is 13.7. The third-order valence-electron chi connectivity index (χ3n) is 7.61. The fraction of sp³-hybridized carbons (Fsp3) is 0.483. The molecule has 1 N–H and O–H groups in total. The highest BCUT2D eigenvalue weighted by Gasteiger charge is 2.32. The first-order valence-electron chi connectivity index (χ1n) is 13.3. The number of hydrogen-bond donors (Lipinski definition) is 1. The number of rotatable bonds is 8. The van der Waals surface area contributed by atoms with E-state index in [0.717, 1.165) is 12.3 Å². The summed E-state index contributed by atoms with van der Waals surface area (Å²) in [6.07, 6.45) is 7.20. The number of likely N-dealkylation sites (tertiary alicyclic amines) is 1. The Kier molecular flexibility index (Phi) is 7.73. The van der Waals surface area contributed by atoms with Gasteiger partial charge in [-0.05, 0) is 86.9 Å². The Labute approximate surface area is 217 Å². The average Bonchev–Trinajstić information content (AvgIpc) is 2.87. The van der Waals surface area contributed by atoms with Gasteiger partial charge in [0.1, 0.15) is 12.4 Å². The SMILES string of the molecule is CCCNC(=O)Cn1c(-c2cccc(Cl)c2)nc2ccc([C@H]3C[C@H](CN4CCCCC4)C3)cc2c1=O. The summed E-state index contributed by atoms with van der Waals surface area (Å²) in [5.74, 6) is 1.49. The zero-order chi connectivity index (χ0) is 25.1. The first-order valence-corrected chi connectivity index (χ1v) is 13.7. The number of nitrogens with one attached hydrogen (secondary N) is 1. The van der Waals surface area contributed by atoms with Crippen molar-refractivity contribution in [3.63, 3.8) is 0 Å². The third-order valence-corrected chi connectivity index (χ3v) is 7.84. The van der Waals surface area contributed by atoms with Crippen LogP contribution >= 0.6 is 11.6 Å². The second-order valence-corrected chi connectivity index (χ2v) is 10.8. The van der Waals surface area contributed by atoms with E-state index in [1.807, 2.05) is 31.2 Å². The monoisotopic (exact) mass is 506 g/mol. The van der Waals surface area contributed by atoms with Crippen LogP contribution in [0.2, 0.25) is 5.02 Å². The molecule has 190 valence electrons. The molecule has 0 atom stereocenters. The number of nitrogens with zero attached hydrogens (tertiary/aromatic N) is 3. The molecule has 0 unspecified atom stereocenters. The minimum absolute atomic E-state index is 0.0742. The summed E-state index contributed by atoms with van der Waals surface area (Å²) in [5.41, 5.74) is 2.38. The van der Waals surface area contributed by atoms with Crippen molar-refractivity contribution in [3.05, 3.63) is 63.4 Å². The van der Waals surface area contributed by atoms with Crippen LogP contribution in [0.3, 0.4) is 0 Å². The van der Waals surface area contributed by atoms with Crippen LogP contribution in [0.4, 0.5) is 0 Å². The molecule has 6 nitrogen and oxygen atoms in total. The highest BCUT2D eigenvalue weighted by Crippen LogP contribution is 2.42. The van der Waals surface area contributed by atoms with E-state index in [1.54, 1.807) is 12.1 Å². The molecule has 1 aromatic heterocycles. The lowest BCUT2D eigenvalue weighted by Gasteiger charge is -2.40. The van der Waals surface area contributed by atoms with Crippen molar-refractivity contribution in [3.8, 4) is 11.4 Å². The van der Waals surface area contributed by atoms with Gasteiger partial charge in [-0.2, -0.15) is 0 Å². The topological polar surface area (TPSA) is 67.2 Å². The smallest absolute Gasteiger partial charge is 0.262 e. The van der Waals surface area contributed by atoms with Gasteiger partial charge in [0, 0.05) is 23.7 Å². The van der Waals surface area contributed by atoms with Gasteiger partial charge in [-0.25, -0.2) is 4.98 Å². The quantitative estimate of drug-likeness (QED) is 0.454. The summed E-state index contributed by atoms with van der Waals surface area (Å²) >= 11 is 6.23. The van der Waals surface area contributed by atoms with E-state index in [9.17, 15) is 9.59 Å². The molecule has 0 spiro atoms. The first-order chi connectivity index (χ1) is 17.5. The van der Waals surface area contributed by atoms with Gasteiger partial charge in [0.15, 0.2) is 0 Å². The average molecular weight is 507 g/mol. The Bertz CT molecular complexity index is 1290. The summed E-state index contributed by atoms with van der Waals surface area (Å²) < 4.78 is 1.49. The molecule has 2 aliphatic rings. The van der Waals surface area contributed by atoms with Gasteiger partial charge < -0.3 is 10.2 Å². The van der Waals surface area contributed by atoms with Crippen molar-refractivity contribution in [1.29, 1.82) is 0 Å². The highest BCUT2D eigenvalue weighted by atomic mass is 35.5. The van der Waals surface area contributed by atoms with Crippen molar-refractivity contribution in [2.45, 2.75) is 57.9 Å². The molecule has 3 aromatic rings. The summed E-state index contributed by atoms with van der Waals surface area (Å²) in [6, 6.07) is 13.3. The second kappa shape index (κ2) is 11.1. The minimum atomic E-state index is -0.195. The van der Waals surface area contributed by atoms with Crippen LogP contribution in [0.1, 0.15) is 56.9 Å². The van der Waals surface area contributed by atoms with Crippen molar-refractivity contribution >= 4 is 28.4 Å². The molecule has 7 heteroatoms. The molecule has 1 saturated heterocycles. The van der Waals surface area contributed by atoms with Gasteiger partial charge in [0.2, 0.25) is 5.91 Å². The maximum Gasteiger partial charge on any atom is 0.262 e. The molecule has 0 bridgehead atoms. The Balaban J connectivity index is 1.43. The number of aromatic nitrogens is 2. The first kappa shape index (κ1) is 25.0. The normalized spacial score (nSPS) is 20.3. The molecule has 36 heavy (non-hydrogen) atoms. The van der Waals surface area contributed by atoms with Gasteiger partial charge in [-0.1, -0.05) is 43.1 Å². The molecule has 2 heterocycles. The van der Waals surface area contributed by atoms with Crippen LogP contribution in [0, 0.1) is 5.92 Å². The van der Waals surface area contributed by atoms with Gasteiger partial charge in [0.05, 0.1) is 10.9 Å². The zero-order valence-electron chi connectivity index (χ0n) is 21.0. The number of carbonyl (C=O) groups is 1. The lowest BCUT2D eigenvalue weighted by atomic mass is 9.71. The van der Waals surface area contributed by atoms with Crippen LogP contribution in [0.15, 0.2) is 47.3 Å². The van der Waals surface area contributed by atoms with Gasteiger partial charge in [-0.15, -0.1) is 0 Å². The number of benzene rings is 2. The fourth-order valence-corrected chi connectivity index (χ4v) is 5.81. The maximum absolute atomic E-state index is 13.7. The molecule has 0 radical (unpaired) electrons. The predicted octanol–water partition coefficient (Wildman–Crippen LogP) is 5.22. The molecule has 1 aliphatic carbocycles. The lowest BCUT2D eigenvalue weighted by molar-refractivity contribution is -0.121. The molecular weight excluding hydrogens is 472 g/mol. The van der Waals surface area contributed by atoms with Crippen molar-refractivity contribution in [1.82, 2.24) is 19.8 Å². The van der Waals surface area contributed by atoms with Crippen LogP contribution < -0.4 is 10.9 Å². The number of fused-ring (bicyclic) bond motifs is 1. The Hall–Kier alpha value is -2.70. The van der Waals surface area contributed by atoms with Crippen LogP contribution in [0.5, 0.6) is 0 Å². The fourth-order valence-electron chi connectivity index (χ4n) is 5.62. The molecule has 2 fully saturated rings. The van der Waals surface area contributed by atoms with Crippen molar-refractivity contribution in [2.24, 2.45) is 5.92 Å². The number of piperidine rings is 1. The van der Waals surface area contributed by atoms with Gasteiger partial charge in [-0.3, -0.25) is 14.2 Å². The number of amides is 1. The van der Waals surface area contributed by atoms with Crippen LogP contribution in [-0.2, 0) is 11.3 Å². The van der Waals surface area contributed by atoms with Crippen molar-refractivity contribution < 1.29 is 4.79 Å². The summed E-state index contributed by atoms with van der Waals surface area (Å²) in [5, 5.41) is 4.00. The highest BCUT2D eigenvalue weighted by molar-refractivity contribution is 6.30. The summed E-state index contributed by atoms with van der Waals surface area (Å²) in [6.45, 7) is 6.18. The number of hydrogen-bond acceptors (Lipinski definition) is 4. The lowest BCUT2D eigenvalue weighted by Crippen LogP contribution is -2.38. The Morgan fingerprint density at radius 1 is 1.11 bits per heavy atom.